The van der Waals surface area contributed by atoms with Gasteiger partial charge in [-0.2, -0.15) is 0 Å². The van der Waals surface area contributed by atoms with Crippen molar-refractivity contribution in [2.45, 2.75) is 76.6 Å². The molecule has 0 amide bonds. The predicted molar refractivity (Wildman–Crippen MR) is 80.4 cm³/mol. The van der Waals surface area contributed by atoms with E-state index in [2.05, 4.69) is 13.5 Å². The zero-order valence-corrected chi connectivity index (χ0v) is 12.9. The summed E-state index contributed by atoms with van der Waals surface area (Å²) in [6.07, 6.45) is 12.8. The Balaban J connectivity index is 2.00. The molecule has 20 heavy (non-hydrogen) atoms. The Hall–Kier alpha value is -0.540. The van der Waals surface area contributed by atoms with Crippen LogP contribution >= 0.6 is 0 Å². The van der Waals surface area contributed by atoms with Crippen LogP contribution in [0.3, 0.4) is 0 Å². The number of epoxide rings is 1. The summed E-state index contributed by atoms with van der Waals surface area (Å²) in [5, 5.41) is 0. The van der Waals surface area contributed by atoms with Crippen molar-refractivity contribution in [2.24, 2.45) is 5.92 Å². The van der Waals surface area contributed by atoms with E-state index in [0.29, 0.717) is 12.5 Å². The first-order chi connectivity index (χ1) is 9.80. The van der Waals surface area contributed by atoms with Crippen molar-refractivity contribution >= 4 is 0 Å². The van der Waals surface area contributed by atoms with Gasteiger partial charge in [0, 0.05) is 12.3 Å². The predicted octanol–water partition coefficient (Wildman–Crippen LogP) is 4.42. The zero-order chi connectivity index (χ0) is 14.3. The second-order valence-electron chi connectivity index (χ2n) is 6.15. The molecule has 0 N–H and O–H groups in total. The van der Waals surface area contributed by atoms with E-state index in [0.717, 1.165) is 19.4 Å². The second-order valence-corrected chi connectivity index (χ2v) is 6.15. The van der Waals surface area contributed by atoms with E-state index in [1.54, 1.807) is 6.26 Å². The van der Waals surface area contributed by atoms with Gasteiger partial charge in [0.1, 0.15) is 6.10 Å². The molecule has 0 aromatic heterocycles. The van der Waals surface area contributed by atoms with E-state index < -0.39 is 5.79 Å². The maximum absolute atomic E-state index is 6.26. The van der Waals surface area contributed by atoms with Crippen molar-refractivity contribution in [1.29, 1.82) is 0 Å². The molecule has 0 radical (unpaired) electrons. The lowest BCUT2D eigenvalue weighted by molar-refractivity contribution is -0.251. The van der Waals surface area contributed by atoms with Crippen LogP contribution in [0.15, 0.2) is 12.8 Å². The van der Waals surface area contributed by atoms with Gasteiger partial charge in [-0.05, 0) is 19.3 Å². The van der Waals surface area contributed by atoms with E-state index in [9.17, 15) is 0 Å². The van der Waals surface area contributed by atoms with E-state index in [1.807, 2.05) is 0 Å². The van der Waals surface area contributed by atoms with Crippen LogP contribution in [0, 0.1) is 5.92 Å². The first kappa shape index (κ1) is 15.8. The summed E-state index contributed by atoms with van der Waals surface area (Å²) in [6.45, 7) is 7.51. The van der Waals surface area contributed by atoms with E-state index in [1.165, 1.54) is 44.9 Å². The average molecular weight is 282 g/mol. The summed E-state index contributed by atoms with van der Waals surface area (Å²) in [6, 6.07) is 0. The largest absolute Gasteiger partial charge is 0.470 e. The number of unbranched alkanes of at least 4 members (excludes halogenated alkanes) is 2. The molecule has 1 saturated carbocycles. The quantitative estimate of drug-likeness (QED) is 0.257. The fourth-order valence-electron chi connectivity index (χ4n) is 3.29. The van der Waals surface area contributed by atoms with E-state index in [4.69, 9.17) is 14.2 Å². The fourth-order valence-corrected chi connectivity index (χ4v) is 3.29. The molecule has 2 rings (SSSR count). The Morgan fingerprint density at radius 2 is 2.00 bits per heavy atom. The lowest BCUT2D eigenvalue weighted by Gasteiger charge is -2.41. The van der Waals surface area contributed by atoms with E-state index >= 15 is 0 Å². The molecule has 3 nitrogen and oxygen atoms in total. The minimum absolute atomic E-state index is 0.289. The Morgan fingerprint density at radius 3 is 2.60 bits per heavy atom. The van der Waals surface area contributed by atoms with Crippen molar-refractivity contribution in [2.75, 3.05) is 13.2 Å². The normalized spacial score (nSPS) is 25.9. The SMILES string of the molecule is C=COC(CCCCC)(OCC1CO1)C1CCCCC1. The third-order valence-corrected chi connectivity index (χ3v) is 4.55. The molecular weight excluding hydrogens is 252 g/mol. The Labute approximate surface area is 123 Å². The summed E-state index contributed by atoms with van der Waals surface area (Å²) >= 11 is 0. The lowest BCUT2D eigenvalue weighted by atomic mass is 9.80. The monoisotopic (exact) mass is 282 g/mol. The highest BCUT2D eigenvalue weighted by Crippen LogP contribution is 2.40. The third-order valence-electron chi connectivity index (χ3n) is 4.55. The first-order valence-electron chi connectivity index (χ1n) is 8.35. The molecule has 0 spiro atoms. The Morgan fingerprint density at radius 1 is 1.25 bits per heavy atom. The summed E-state index contributed by atoms with van der Waals surface area (Å²) < 4.78 is 17.5. The zero-order valence-electron chi connectivity index (χ0n) is 12.9. The molecule has 2 atom stereocenters. The number of hydrogen-bond donors (Lipinski definition) is 0. The summed E-state index contributed by atoms with van der Waals surface area (Å²) in [7, 11) is 0. The fraction of sp³-hybridized carbons (Fsp3) is 0.882. The van der Waals surface area contributed by atoms with Crippen molar-refractivity contribution in [3.63, 3.8) is 0 Å². The smallest absolute Gasteiger partial charge is 0.212 e. The molecule has 1 aliphatic heterocycles. The lowest BCUT2D eigenvalue weighted by Crippen LogP contribution is -2.44. The van der Waals surface area contributed by atoms with Crippen LogP contribution in [-0.2, 0) is 14.2 Å². The average Bonchev–Trinajstić information content (AvgIpc) is 3.30. The van der Waals surface area contributed by atoms with Gasteiger partial charge in [0.2, 0.25) is 5.79 Å². The summed E-state index contributed by atoms with van der Waals surface area (Å²) in [5.41, 5.74) is 0. The maximum atomic E-state index is 6.26. The van der Waals surface area contributed by atoms with Crippen LogP contribution in [0.5, 0.6) is 0 Å². The van der Waals surface area contributed by atoms with Gasteiger partial charge in [-0.1, -0.05) is 45.6 Å². The van der Waals surface area contributed by atoms with Gasteiger partial charge >= 0.3 is 0 Å². The first-order valence-corrected chi connectivity index (χ1v) is 8.35. The van der Waals surface area contributed by atoms with Crippen molar-refractivity contribution in [3.05, 3.63) is 12.8 Å². The van der Waals surface area contributed by atoms with Gasteiger partial charge in [-0.15, -0.1) is 0 Å². The molecule has 116 valence electrons. The molecule has 3 heteroatoms. The van der Waals surface area contributed by atoms with Gasteiger partial charge < -0.3 is 14.2 Å². The van der Waals surface area contributed by atoms with Gasteiger partial charge in [0.05, 0.1) is 19.5 Å². The molecule has 0 bridgehead atoms. The summed E-state index contributed by atoms with van der Waals surface area (Å²) in [5.74, 6) is 0.0494. The van der Waals surface area contributed by atoms with Crippen molar-refractivity contribution < 1.29 is 14.2 Å². The molecular formula is C17H30O3. The second kappa shape index (κ2) is 8.04. The number of rotatable bonds is 10. The molecule has 2 fully saturated rings. The Kier molecular flexibility index (Phi) is 6.37. The topological polar surface area (TPSA) is 31.0 Å². The van der Waals surface area contributed by atoms with Crippen LogP contribution in [0.1, 0.15) is 64.7 Å². The minimum atomic E-state index is -0.455. The van der Waals surface area contributed by atoms with Gasteiger partial charge in [0.15, 0.2) is 0 Å². The highest BCUT2D eigenvalue weighted by Gasteiger charge is 2.42. The molecule has 1 heterocycles. The Bertz CT molecular complexity index is 282. The van der Waals surface area contributed by atoms with Gasteiger partial charge in [0.25, 0.3) is 0 Å². The molecule has 0 aromatic carbocycles. The molecule has 0 aromatic rings. The van der Waals surface area contributed by atoms with Crippen LogP contribution in [0.25, 0.3) is 0 Å². The number of ether oxygens (including phenoxy) is 3. The summed E-state index contributed by atoms with van der Waals surface area (Å²) in [4.78, 5) is 0. The van der Waals surface area contributed by atoms with Crippen molar-refractivity contribution in [1.82, 2.24) is 0 Å². The van der Waals surface area contributed by atoms with Gasteiger partial charge in [-0.25, -0.2) is 0 Å². The third kappa shape index (κ3) is 4.49. The molecule has 2 aliphatic rings. The molecule has 1 saturated heterocycles. The van der Waals surface area contributed by atoms with Crippen molar-refractivity contribution in [3.8, 4) is 0 Å². The molecule has 1 aliphatic carbocycles. The van der Waals surface area contributed by atoms with Crippen LogP contribution in [0.4, 0.5) is 0 Å². The van der Waals surface area contributed by atoms with E-state index in [-0.39, 0.29) is 6.10 Å². The van der Waals surface area contributed by atoms with Crippen LogP contribution < -0.4 is 0 Å². The highest BCUT2D eigenvalue weighted by atomic mass is 16.7. The minimum Gasteiger partial charge on any atom is -0.470 e. The van der Waals surface area contributed by atoms with Crippen LogP contribution in [-0.4, -0.2) is 25.1 Å². The molecule has 2 unspecified atom stereocenters. The van der Waals surface area contributed by atoms with Crippen LogP contribution in [0.2, 0.25) is 0 Å². The standard InChI is InChI=1S/C17H30O3/c1-3-5-9-12-17(19-4-2,20-14-16-13-18-16)15-10-7-6-8-11-15/h4,15-16H,2-3,5-14H2,1H3. The maximum Gasteiger partial charge on any atom is 0.212 e. The van der Waals surface area contributed by atoms with Gasteiger partial charge in [-0.3, -0.25) is 0 Å². The number of hydrogen-bond acceptors (Lipinski definition) is 3. The highest BCUT2D eigenvalue weighted by molar-refractivity contribution is 4.85.